The minimum atomic E-state index is -1.78. The van der Waals surface area contributed by atoms with Crippen molar-refractivity contribution in [2.45, 2.75) is 39.0 Å². The lowest BCUT2D eigenvalue weighted by atomic mass is 10.0. The van der Waals surface area contributed by atoms with E-state index in [0.717, 1.165) is 0 Å². The Morgan fingerprint density at radius 1 is 1.22 bits per heavy atom. The highest BCUT2D eigenvalue weighted by molar-refractivity contribution is 5.45. The lowest BCUT2D eigenvalue weighted by molar-refractivity contribution is 0.0649. The van der Waals surface area contributed by atoms with E-state index in [2.05, 4.69) is 4.85 Å². The zero-order chi connectivity index (χ0) is 19.6. The van der Waals surface area contributed by atoms with Crippen LogP contribution in [-0.2, 0) is 12.3 Å². The van der Waals surface area contributed by atoms with E-state index in [0.29, 0.717) is 41.0 Å². The summed E-state index contributed by atoms with van der Waals surface area (Å²) in [5, 5.41) is 11.1. The van der Waals surface area contributed by atoms with E-state index in [4.69, 9.17) is 16.0 Å². The van der Waals surface area contributed by atoms with Gasteiger partial charge in [0.2, 0.25) is 0 Å². The third-order valence-corrected chi connectivity index (χ3v) is 4.91. The van der Waals surface area contributed by atoms with E-state index in [1.54, 1.807) is 43.7 Å². The Bertz CT molecular complexity index is 914. The highest BCUT2D eigenvalue weighted by atomic mass is 16.5. The number of pyridine rings is 1. The van der Waals surface area contributed by atoms with Gasteiger partial charge in [0.25, 0.3) is 0 Å². The maximum Gasteiger partial charge on any atom is 0.379 e. The fourth-order valence-electron chi connectivity index (χ4n) is 3.08. The van der Waals surface area contributed by atoms with Crippen LogP contribution in [0.5, 0.6) is 11.5 Å². The first-order chi connectivity index (χ1) is 12.9. The predicted molar refractivity (Wildman–Crippen MR) is 102 cm³/mol. The van der Waals surface area contributed by atoms with Crippen molar-refractivity contribution in [1.29, 1.82) is 0 Å². The number of aromatic nitrogens is 1. The van der Waals surface area contributed by atoms with Crippen LogP contribution in [0, 0.1) is 26.3 Å². The van der Waals surface area contributed by atoms with E-state index in [-0.39, 0.29) is 12.0 Å². The number of aliphatic hydroxyl groups is 1. The van der Waals surface area contributed by atoms with Crippen molar-refractivity contribution in [2.75, 3.05) is 13.7 Å². The molecule has 6 heteroatoms. The molecular formula is C21H24N2O4. The molecular weight excluding hydrogens is 344 g/mol. The second kappa shape index (κ2) is 7.45. The Kier molecular flexibility index (Phi) is 5.24. The molecule has 1 aromatic carbocycles. The summed E-state index contributed by atoms with van der Waals surface area (Å²) < 4.78 is 13.0. The van der Waals surface area contributed by atoms with Gasteiger partial charge in [-0.15, -0.1) is 0 Å². The first kappa shape index (κ1) is 19.0. The minimum absolute atomic E-state index is 0.0167. The molecule has 1 unspecified atom stereocenters. The Morgan fingerprint density at radius 3 is 2.44 bits per heavy atom. The monoisotopic (exact) mass is 368 g/mol. The summed E-state index contributed by atoms with van der Waals surface area (Å²) in [6.07, 6.45) is 2.33. The summed E-state index contributed by atoms with van der Waals surface area (Å²) in [6, 6.07) is 8.05. The molecule has 1 heterocycles. The van der Waals surface area contributed by atoms with Gasteiger partial charge in [0.05, 0.1) is 19.3 Å². The summed E-state index contributed by atoms with van der Waals surface area (Å²) in [4.78, 5) is 15.2. The zero-order valence-corrected chi connectivity index (χ0v) is 15.9. The number of rotatable bonds is 7. The second-order valence-corrected chi connectivity index (χ2v) is 7.11. The maximum absolute atomic E-state index is 11.6. The maximum atomic E-state index is 11.6. The van der Waals surface area contributed by atoms with Crippen molar-refractivity contribution >= 4 is 0 Å². The summed E-state index contributed by atoms with van der Waals surface area (Å²) in [5.41, 5.74) is -0.0508. The summed E-state index contributed by atoms with van der Waals surface area (Å²) in [5.74, 6) is 1.67. The molecule has 0 amide bonds. The predicted octanol–water partition coefficient (Wildman–Crippen LogP) is 3.03. The molecule has 1 atom stereocenters. The fraction of sp³-hybridized carbons (Fsp3) is 0.429. The summed E-state index contributed by atoms with van der Waals surface area (Å²) >= 11 is 0. The molecule has 0 bridgehead atoms. The molecule has 2 aromatic rings. The van der Waals surface area contributed by atoms with Gasteiger partial charge in [-0.2, -0.15) is 0 Å². The van der Waals surface area contributed by atoms with Gasteiger partial charge in [-0.1, -0.05) is 0 Å². The molecule has 0 saturated heterocycles. The molecule has 1 aliphatic rings. The van der Waals surface area contributed by atoms with Gasteiger partial charge in [0.15, 0.2) is 16.9 Å². The van der Waals surface area contributed by atoms with Crippen LogP contribution in [0.2, 0.25) is 0 Å². The van der Waals surface area contributed by atoms with E-state index >= 15 is 0 Å². The van der Waals surface area contributed by atoms with E-state index in [1.807, 2.05) is 0 Å². The second-order valence-electron chi connectivity index (χ2n) is 7.11. The van der Waals surface area contributed by atoms with Crippen LogP contribution in [-0.4, -0.2) is 23.4 Å². The number of ether oxygens (including phenoxy) is 2. The molecule has 1 fully saturated rings. The van der Waals surface area contributed by atoms with Crippen LogP contribution in [0.15, 0.2) is 35.1 Å². The average molecular weight is 368 g/mol. The molecule has 1 aromatic heterocycles. The number of benzene rings is 1. The van der Waals surface area contributed by atoms with Gasteiger partial charge in [0, 0.05) is 23.5 Å². The molecule has 0 spiro atoms. The standard InChI is InChI=1S/C21H24N2O4/c1-14-9-18(24)10-15(2)23(14)13-21(25,22-3)17-7-8-19(26-4)20(11-17)27-12-16-5-6-16/h7-11,16,25H,5-6,12-13H2,1-2,4H3. The number of hydrogen-bond acceptors (Lipinski definition) is 4. The van der Waals surface area contributed by atoms with Gasteiger partial charge in [-0.25, -0.2) is 6.57 Å². The van der Waals surface area contributed by atoms with Gasteiger partial charge in [0.1, 0.15) is 6.54 Å². The van der Waals surface area contributed by atoms with Crippen molar-refractivity contribution in [2.24, 2.45) is 5.92 Å². The molecule has 3 rings (SSSR count). The van der Waals surface area contributed by atoms with Crippen molar-refractivity contribution in [3.8, 4) is 11.5 Å². The Morgan fingerprint density at radius 2 is 1.89 bits per heavy atom. The van der Waals surface area contributed by atoms with E-state index < -0.39 is 5.72 Å². The zero-order valence-electron chi connectivity index (χ0n) is 15.9. The Hall–Kier alpha value is -2.78. The largest absolute Gasteiger partial charge is 0.493 e. The van der Waals surface area contributed by atoms with Crippen LogP contribution in [0.3, 0.4) is 0 Å². The molecule has 0 radical (unpaired) electrons. The van der Waals surface area contributed by atoms with Crippen LogP contribution >= 0.6 is 0 Å². The fourth-order valence-corrected chi connectivity index (χ4v) is 3.08. The van der Waals surface area contributed by atoms with Crippen LogP contribution < -0.4 is 14.9 Å². The topological polar surface area (TPSA) is 65.1 Å². The number of aryl methyl sites for hydroxylation is 2. The number of hydrogen-bond donors (Lipinski definition) is 1. The normalized spacial score (nSPS) is 15.7. The summed E-state index contributed by atoms with van der Waals surface area (Å²) in [7, 11) is 1.56. The molecule has 1 aliphatic carbocycles. The molecule has 27 heavy (non-hydrogen) atoms. The van der Waals surface area contributed by atoms with Crippen molar-refractivity contribution in [3.63, 3.8) is 0 Å². The Labute approximate surface area is 158 Å². The van der Waals surface area contributed by atoms with Gasteiger partial charge in [-0.3, -0.25) is 9.64 Å². The molecule has 1 N–H and O–H groups in total. The van der Waals surface area contributed by atoms with Crippen molar-refractivity contribution < 1.29 is 14.6 Å². The van der Waals surface area contributed by atoms with Gasteiger partial charge < -0.3 is 19.1 Å². The van der Waals surface area contributed by atoms with Gasteiger partial charge >= 0.3 is 5.72 Å². The minimum Gasteiger partial charge on any atom is -0.493 e. The molecule has 6 nitrogen and oxygen atoms in total. The number of methoxy groups -OCH3 is 1. The molecule has 142 valence electrons. The first-order valence-corrected chi connectivity index (χ1v) is 8.96. The van der Waals surface area contributed by atoms with Crippen molar-refractivity contribution in [1.82, 2.24) is 4.57 Å². The third kappa shape index (κ3) is 4.15. The van der Waals surface area contributed by atoms with E-state index in [1.165, 1.54) is 25.0 Å². The van der Waals surface area contributed by atoms with E-state index in [9.17, 15) is 9.90 Å². The molecule has 0 aliphatic heterocycles. The quantitative estimate of drug-likeness (QED) is 0.763. The first-order valence-electron chi connectivity index (χ1n) is 8.96. The lowest BCUT2D eigenvalue weighted by Crippen LogP contribution is -2.30. The highest BCUT2D eigenvalue weighted by Gasteiger charge is 2.38. The van der Waals surface area contributed by atoms with Crippen LogP contribution in [0.1, 0.15) is 29.8 Å². The van der Waals surface area contributed by atoms with Crippen molar-refractivity contribution in [3.05, 3.63) is 68.9 Å². The van der Waals surface area contributed by atoms with Gasteiger partial charge in [-0.05, 0) is 50.8 Å². The molecule has 1 saturated carbocycles. The Balaban J connectivity index is 1.95. The smallest absolute Gasteiger partial charge is 0.379 e. The van der Waals surface area contributed by atoms with Crippen LogP contribution in [0.25, 0.3) is 4.85 Å². The average Bonchev–Trinajstić information content (AvgIpc) is 3.47. The SMILES string of the molecule is [C-]#[N+]C(O)(Cn1c(C)cc(=O)cc1C)c1ccc(OC)c(OCC2CC2)c1. The summed E-state index contributed by atoms with van der Waals surface area (Å²) in [6.45, 7) is 11.8. The lowest BCUT2D eigenvalue weighted by Gasteiger charge is -2.22. The highest BCUT2D eigenvalue weighted by Crippen LogP contribution is 2.36. The van der Waals surface area contributed by atoms with Crippen LogP contribution in [0.4, 0.5) is 0 Å². The number of nitrogens with zero attached hydrogens (tertiary/aromatic N) is 2. The third-order valence-electron chi connectivity index (χ3n) is 4.91.